The maximum absolute atomic E-state index is 11.9. The fraction of sp³-hybridized carbons (Fsp3) is 0.455. The molecule has 0 aliphatic carbocycles. The number of hydrogen-bond donors (Lipinski definition) is 2. The van der Waals surface area contributed by atoms with Gasteiger partial charge in [0, 0.05) is 18.8 Å². The number of hydrogen-bond acceptors (Lipinski definition) is 4. The Balaban J connectivity index is 2.54. The Bertz CT molecular complexity index is 418. The number of nitrogens with one attached hydrogen (secondary N) is 1. The number of carbonyl (C=O) groups is 1. The maximum Gasteiger partial charge on any atom is 0.422 e. The molecule has 0 bridgehead atoms. The molecule has 2 N–H and O–H groups in total. The molecule has 1 atom stereocenters. The summed E-state index contributed by atoms with van der Waals surface area (Å²) in [7, 11) is 0. The highest BCUT2D eigenvalue weighted by molar-refractivity contribution is 5.93. The van der Waals surface area contributed by atoms with E-state index < -0.39 is 24.8 Å². The van der Waals surface area contributed by atoms with Crippen molar-refractivity contribution in [2.24, 2.45) is 0 Å². The Morgan fingerprint density at radius 1 is 1.53 bits per heavy atom. The van der Waals surface area contributed by atoms with Crippen LogP contribution in [0.4, 0.5) is 13.2 Å². The van der Waals surface area contributed by atoms with Gasteiger partial charge in [-0.2, -0.15) is 13.2 Å². The average Bonchev–Trinajstić information content (AvgIpc) is 2.33. The van der Waals surface area contributed by atoms with Crippen LogP contribution in [-0.2, 0) is 0 Å². The van der Waals surface area contributed by atoms with E-state index in [1.807, 2.05) is 0 Å². The molecule has 8 heteroatoms. The predicted octanol–water partition coefficient (Wildman–Crippen LogP) is 1.13. The Hall–Kier alpha value is -1.83. The van der Waals surface area contributed by atoms with E-state index in [4.69, 9.17) is 5.11 Å². The highest BCUT2D eigenvalue weighted by atomic mass is 19.4. The summed E-state index contributed by atoms with van der Waals surface area (Å²) >= 11 is 0. The summed E-state index contributed by atoms with van der Waals surface area (Å²) in [5, 5.41) is 11.4. The van der Waals surface area contributed by atoms with Crippen molar-refractivity contribution in [2.45, 2.75) is 19.2 Å². The topological polar surface area (TPSA) is 71.5 Å². The van der Waals surface area contributed by atoms with Crippen molar-refractivity contribution in [3.05, 3.63) is 23.9 Å². The fourth-order valence-corrected chi connectivity index (χ4v) is 1.10. The van der Waals surface area contributed by atoms with Gasteiger partial charge < -0.3 is 15.2 Å². The molecule has 1 rings (SSSR count). The lowest BCUT2D eigenvalue weighted by atomic mass is 10.2. The van der Waals surface area contributed by atoms with Gasteiger partial charge in [-0.05, 0) is 13.0 Å². The lowest BCUT2D eigenvalue weighted by Crippen LogP contribution is -2.30. The molecule has 0 radical (unpaired) electrons. The SMILES string of the molecule is CC(O)CNC(=O)c1ccc(OCC(F)(F)F)nc1. The molecule has 0 aliphatic heterocycles. The van der Waals surface area contributed by atoms with Crippen LogP contribution in [0.25, 0.3) is 0 Å². The van der Waals surface area contributed by atoms with Gasteiger partial charge in [0.1, 0.15) is 0 Å². The summed E-state index contributed by atoms with van der Waals surface area (Å²) < 4.78 is 40.0. The zero-order valence-electron chi connectivity index (χ0n) is 10.1. The number of nitrogens with zero attached hydrogens (tertiary/aromatic N) is 1. The Labute approximate surface area is 107 Å². The van der Waals surface area contributed by atoms with Crippen LogP contribution in [0.1, 0.15) is 17.3 Å². The van der Waals surface area contributed by atoms with Gasteiger partial charge in [0.05, 0.1) is 11.7 Å². The molecule has 0 fully saturated rings. The van der Waals surface area contributed by atoms with E-state index in [1.165, 1.54) is 19.1 Å². The van der Waals surface area contributed by atoms with Crippen molar-refractivity contribution >= 4 is 5.91 Å². The predicted molar refractivity (Wildman–Crippen MR) is 59.8 cm³/mol. The van der Waals surface area contributed by atoms with Crippen molar-refractivity contribution in [1.82, 2.24) is 10.3 Å². The van der Waals surface area contributed by atoms with Crippen molar-refractivity contribution < 1.29 is 27.8 Å². The number of amides is 1. The first-order valence-electron chi connectivity index (χ1n) is 5.40. The number of rotatable bonds is 5. The van der Waals surface area contributed by atoms with E-state index in [0.29, 0.717) is 0 Å². The number of aromatic nitrogens is 1. The van der Waals surface area contributed by atoms with Gasteiger partial charge in [0.25, 0.3) is 5.91 Å². The van der Waals surface area contributed by atoms with Crippen molar-refractivity contribution in [3.8, 4) is 5.88 Å². The molecular formula is C11H13F3N2O3. The smallest absolute Gasteiger partial charge is 0.422 e. The van der Waals surface area contributed by atoms with Crippen LogP contribution < -0.4 is 10.1 Å². The van der Waals surface area contributed by atoms with Crippen LogP contribution in [0.15, 0.2) is 18.3 Å². The van der Waals surface area contributed by atoms with E-state index in [-0.39, 0.29) is 18.0 Å². The monoisotopic (exact) mass is 278 g/mol. The minimum atomic E-state index is -4.44. The number of halogens is 3. The summed E-state index contributed by atoms with van der Waals surface area (Å²) in [5.74, 6) is -0.694. The van der Waals surface area contributed by atoms with Crippen LogP contribution in [0.5, 0.6) is 5.88 Å². The standard InChI is InChI=1S/C11H13F3N2O3/c1-7(17)4-16-10(18)8-2-3-9(15-5-8)19-6-11(12,13)14/h2-3,5,7,17H,4,6H2,1H3,(H,16,18). The highest BCUT2D eigenvalue weighted by Gasteiger charge is 2.28. The van der Waals surface area contributed by atoms with Crippen LogP contribution in [0.3, 0.4) is 0 Å². The third kappa shape index (κ3) is 6.05. The molecular weight excluding hydrogens is 265 g/mol. The van der Waals surface area contributed by atoms with Gasteiger partial charge in [0.2, 0.25) is 5.88 Å². The van der Waals surface area contributed by atoms with E-state index in [2.05, 4.69) is 15.0 Å². The number of ether oxygens (including phenoxy) is 1. The largest absolute Gasteiger partial charge is 0.468 e. The Kier molecular flexibility index (Phi) is 5.11. The Morgan fingerprint density at radius 2 is 2.21 bits per heavy atom. The molecule has 0 aliphatic rings. The van der Waals surface area contributed by atoms with Crippen molar-refractivity contribution in [3.63, 3.8) is 0 Å². The highest BCUT2D eigenvalue weighted by Crippen LogP contribution is 2.16. The lowest BCUT2D eigenvalue weighted by Gasteiger charge is -2.09. The zero-order valence-corrected chi connectivity index (χ0v) is 10.1. The molecule has 19 heavy (non-hydrogen) atoms. The van der Waals surface area contributed by atoms with E-state index >= 15 is 0 Å². The van der Waals surface area contributed by atoms with Crippen LogP contribution >= 0.6 is 0 Å². The van der Waals surface area contributed by atoms with Gasteiger partial charge in [-0.25, -0.2) is 4.98 Å². The minimum absolute atomic E-state index is 0.0746. The summed E-state index contributed by atoms with van der Waals surface area (Å²) in [5.41, 5.74) is 0.167. The van der Waals surface area contributed by atoms with Crippen LogP contribution in [0, 0.1) is 0 Å². The Morgan fingerprint density at radius 3 is 2.68 bits per heavy atom. The number of aliphatic hydroxyl groups excluding tert-OH is 1. The van der Waals surface area contributed by atoms with Crippen LogP contribution in [-0.4, -0.2) is 41.4 Å². The van der Waals surface area contributed by atoms with Gasteiger partial charge in [-0.15, -0.1) is 0 Å². The molecule has 5 nitrogen and oxygen atoms in total. The summed E-state index contributed by atoms with van der Waals surface area (Å²) in [6, 6.07) is 2.46. The second-order valence-electron chi connectivity index (χ2n) is 3.85. The molecule has 0 saturated heterocycles. The minimum Gasteiger partial charge on any atom is -0.468 e. The number of aliphatic hydroxyl groups is 1. The number of alkyl halides is 3. The first kappa shape index (κ1) is 15.2. The molecule has 0 saturated carbocycles. The normalized spacial score (nSPS) is 12.9. The number of pyridine rings is 1. The molecule has 1 heterocycles. The van der Waals surface area contributed by atoms with E-state index in [9.17, 15) is 18.0 Å². The quantitative estimate of drug-likeness (QED) is 0.847. The van der Waals surface area contributed by atoms with Gasteiger partial charge in [-0.3, -0.25) is 4.79 Å². The van der Waals surface area contributed by atoms with Gasteiger partial charge in [0.15, 0.2) is 6.61 Å². The van der Waals surface area contributed by atoms with Crippen LogP contribution in [0.2, 0.25) is 0 Å². The first-order valence-corrected chi connectivity index (χ1v) is 5.40. The molecule has 1 aromatic heterocycles. The first-order chi connectivity index (χ1) is 8.78. The average molecular weight is 278 g/mol. The second-order valence-corrected chi connectivity index (χ2v) is 3.85. The third-order valence-electron chi connectivity index (χ3n) is 1.94. The summed E-state index contributed by atoms with van der Waals surface area (Å²) in [4.78, 5) is 15.1. The summed E-state index contributed by atoms with van der Waals surface area (Å²) in [6.07, 6.45) is -4.02. The summed E-state index contributed by atoms with van der Waals surface area (Å²) in [6.45, 7) is 0.144. The third-order valence-corrected chi connectivity index (χ3v) is 1.94. The van der Waals surface area contributed by atoms with E-state index in [0.717, 1.165) is 6.20 Å². The van der Waals surface area contributed by atoms with E-state index in [1.54, 1.807) is 0 Å². The van der Waals surface area contributed by atoms with Crippen molar-refractivity contribution in [1.29, 1.82) is 0 Å². The zero-order chi connectivity index (χ0) is 14.5. The van der Waals surface area contributed by atoms with Crippen molar-refractivity contribution in [2.75, 3.05) is 13.2 Å². The molecule has 1 aromatic rings. The molecule has 0 spiro atoms. The second kappa shape index (κ2) is 6.37. The maximum atomic E-state index is 11.9. The van der Waals surface area contributed by atoms with Gasteiger partial charge >= 0.3 is 6.18 Å². The lowest BCUT2D eigenvalue weighted by molar-refractivity contribution is -0.154. The fourth-order valence-electron chi connectivity index (χ4n) is 1.10. The van der Waals surface area contributed by atoms with Gasteiger partial charge in [-0.1, -0.05) is 0 Å². The molecule has 0 aromatic carbocycles. The molecule has 1 amide bonds. The molecule has 106 valence electrons. The number of carbonyl (C=O) groups excluding carboxylic acids is 1. The molecule has 1 unspecified atom stereocenters.